The van der Waals surface area contributed by atoms with Gasteiger partial charge in [-0.25, -0.2) is 4.99 Å². The minimum atomic E-state index is -0.0334. The Balaban J connectivity index is 2.84. The van der Waals surface area contributed by atoms with Crippen molar-refractivity contribution in [3.05, 3.63) is 46.5 Å². The molecule has 1 rings (SSSR count). The third-order valence-corrected chi connectivity index (χ3v) is 3.91. The number of hydrogen-bond donors (Lipinski definition) is 1. The first-order valence-electron chi connectivity index (χ1n) is 7.38. The lowest BCUT2D eigenvalue weighted by Gasteiger charge is -2.23. The summed E-state index contributed by atoms with van der Waals surface area (Å²) >= 11 is 3.56. The number of guanidine groups is 1. The molecule has 0 heterocycles. The smallest absolute Gasteiger partial charge is 0.243 e. The van der Waals surface area contributed by atoms with E-state index in [1.54, 1.807) is 14.1 Å². The van der Waals surface area contributed by atoms with E-state index in [2.05, 4.69) is 38.9 Å². The molecule has 1 N–H and O–H groups in total. The summed E-state index contributed by atoms with van der Waals surface area (Å²) in [7, 11) is 5.40. The summed E-state index contributed by atoms with van der Waals surface area (Å²) in [5.41, 5.74) is 2.16. The van der Waals surface area contributed by atoms with Gasteiger partial charge in [0.05, 0.1) is 0 Å². The normalized spacial score (nSPS) is 11.1. The molecular weight excluding hydrogens is 356 g/mol. The number of benzene rings is 1. The molecule has 0 aliphatic rings. The molecule has 0 aliphatic heterocycles. The maximum absolute atomic E-state index is 11.8. The van der Waals surface area contributed by atoms with Crippen LogP contribution in [0.15, 0.2) is 45.9 Å². The molecule has 0 aromatic heterocycles. The second kappa shape index (κ2) is 9.35. The average molecular weight is 381 g/mol. The maximum Gasteiger partial charge on any atom is 0.243 e. The highest BCUT2D eigenvalue weighted by Gasteiger charge is 2.10. The van der Waals surface area contributed by atoms with Gasteiger partial charge in [-0.15, -0.1) is 0 Å². The number of carbonyl (C=O) groups is 1. The number of amides is 1. The van der Waals surface area contributed by atoms with Gasteiger partial charge in [0.2, 0.25) is 5.91 Å². The Hall–Kier alpha value is -1.82. The van der Waals surface area contributed by atoms with Gasteiger partial charge in [-0.2, -0.15) is 0 Å². The molecule has 0 fully saturated rings. The van der Waals surface area contributed by atoms with E-state index >= 15 is 0 Å². The molecule has 23 heavy (non-hydrogen) atoms. The summed E-state index contributed by atoms with van der Waals surface area (Å²) in [4.78, 5) is 19.7. The van der Waals surface area contributed by atoms with Gasteiger partial charge in [-0.3, -0.25) is 4.79 Å². The Labute approximate surface area is 147 Å². The number of halogens is 1. The van der Waals surface area contributed by atoms with Crippen molar-refractivity contribution in [2.24, 2.45) is 4.99 Å². The number of hydrogen-bond acceptors (Lipinski definition) is 2. The quantitative estimate of drug-likeness (QED) is 0.468. The molecule has 1 aromatic rings. The van der Waals surface area contributed by atoms with Crippen molar-refractivity contribution < 1.29 is 4.79 Å². The monoisotopic (exact) mass is 380 g/mol. The number of rotatable bonds is 6. The van der Waals surface area contributed by atoms with E-state index < -0.39 is 0 Å². The van der Waals surface area contributed by atoms with Crippen LogP contribution >= 0.6 is 15.9 Å². The van der Waals surface area contributed by atoms with Crippen LogP contribution in [0.3, 0.4) is 0 Å². The first kappa shape index (κ1) is 19.2. The Morgan fingerprint density at radius 3 is 2.52 bits per heavy atom. The fourth-order valence-corrected chi connectivity index (χ4v) is 2.19. The van der Waals surface area contributed by atoms with Crippen LogP contribution in [0.4, 0.5) is 0 Å². The van der Waals surface area contributed by atoms with Crippen molar-refractivity contribution in [1.82, 2.24) is 15.1 Å². The Kier molecular flexibility index (Phi) is 7.81. The number of carbonyl (C=O) groups excluding carboxylic acids is 1. The van der Waals surface area contributed by atoms with Crippen molar-refractivity contribution in [1.29, 1.82) is 0 Å². The van der Waals surface area contributed by atoms with Crippen molar-refractivity contribution in [3.63, 3.8) is 0 Å². The predicted molar refractivity (Wildman–Crippen MR) is 99.4 cm³/mol. The summed E-state index contributed by atoms with van der Waals surface area (Å²) in [5, 5.41) is 3.24. The van der Waals surface area contributed by atoms with E-state index in [4.69, 9.17) is 0 Å². The van der Waals surface area contributed by atoms with Crippen LogP contribution in [0.5, 0.6) is 0 Å². The van der Waals surface area contributed by atoms with Crippen LogP contribution < -0.4 is 5.32 Å². The number of nitrogens with zero attached hydrogens (tertiary/aromatic N) is 3. The van der Waals surface area contributed by atoms with Crippen LogP contribution in [-0.4, -0.2) is 55.9 Å². The molecule has 0 radical (unpaired) electrons. The fraction of sp³-hybridized carbons (Fsp3) is 0.412. The van der Waals surface area contributed by atoms with E-state index in [0.29, 0.717) is 19.0 Å². The van der Waals surface area contributed by atoms with Crippen molar-refractivity contribution in [2.75, 3.05) is 34.2 Å². The predicted octanol–water partition coefficient (Wildman–Crippen LogP) is 2.49. The van der Waals surface area contributed by atoms with E-state index in [0.717, 1.165) is 15.6 Å². The van der Waals surface area contributed by atoms with Gasteiger partial charge < -0.3 is 15.1 Å². The Bertz CT molecular complexity index is 584. The van der Waals surface area contributed by atoms with Crippen molar-refractivity contribution in [3.8, 4) is 0 Å². The van der Waals surface area contributed by atoms with Gasteiger partial charge in [0.25, 0.3) is 0 Å². The molecule has 0 aliphatic carbocycles. The zero-order valence-electron chi connectivity index (χ0n) is 14.3. The molecule has 1 aromatic carbocycles. The molecule has 6 heteroatoms. The third-order valence-electron chi connectivity index (χ3n) is 3.14. The first-order chi connectivity index (χ1) is 10.8. The summed E-state index contributed by atoms with van der Waals surface area (Å²) in [6.07, 6.45) is 0. The van der Waals surface area contributed by atoms with E-state index in [9.17, 15) is 4.79 Å². The highest BCUT2D eigenvalue weighted by molar-refractivity contribution is 9.10. The second-order valence-electron chi connectivity index (χ2n) is 5.69. The highest BCUT2D eigenvalue weighted by Crippen LogP contribution is 2.17. The van der Waals surface area contributed by atoms with Gasteiger partial charge in [-0.05, 0) is 18.6 Å². The zero-order valence-corrected chi connectivity index (χ0v) is 15.9. The number of aliphatic imine (C=N–C) groups is 1. The molecule has 0 spiro atoms. The van der Waals surface area contributed by atoms with Crippen molar-refractivity contribution >= 4 is 27.8 Å². The molecule has 126 valence electrons. The van der Waals surface area contributed by atoms with Crippen LogP contribution in [0.1, 0.15) is 12.5 Å². The number of likely N-dealkylation sites (N-methyl/N-ethyl adjacent to an activating group) is 1. The first-order valence-corrected chi connectivity index (χ1v) is 8.18. The minimum absolute atomic E-state index is 0.0334. The molecule has 0 atom stereocenters. The topological polar surface area (TPSA) is 47.9 Å². The van der Waals surface area contributed by atoms with E-state index in [1.165, 1.54) is 4.90 Å². The summed E-state index contributed by atoms with van der Waals surface area (Å²) < 4.78 is 1.05. The lowest BCUT2D eigenvalue weighted by Crippen LogP contribution is -2.40. The summed E-state index contributed by atoms with van der Waals surface area (Å²) in [6, 6.07) is 8.05. The standard InChI is InChI=1S/C17H25BrN4O/c1-13(2)10-19-17(20-11-16(23)21(3)4)22(5)12-14-8-6-7-9-15(14)18/h6-9H,1,10-12H2,2-5H3,(H,19,20). The largest absolute Gasteiger partial charge is 0.353 e. The molecular formula is C17H25BrN4O. The lowest BCUT2D eigenvalue weighted by molar-refractivity contribution is -0.127. The molecule has 0 unspecified atom stereocenters. The third kappa shape index (κ3) is 6.86. The summed E-state index contributed by atoms with van der Waals surface area (Å²) in [6.45, 7) is 7.25. The van der Waals surface area contributed by atoms with Crippen LogP contribution in [0.2, 0.25) is 0 Å². The molecule has 0 bridgehead atoms. The summed E-state index contributed by atoms with van der Waals surface area (Å²) in [5.74, 6) is 0.646. The van der Waals surface area contributed by atoms with Crippen LogP contribution in [-0.2, 0) is 11.3 Å². The van der Waals surface area contributed by atoms with Gasteiger partial charge in [0.15, 0.2) is 5.96 Å². The SMILES string of the molecule is C=C(C)CNC(=NCC(=O)N(C)C)N(C)Cc1ccccc1Br. The fourth-order valence-electron chi connectivity index (χ4n) is 1.78. The Morgan fingerprint density at radius 1 is 1.30 bits per heavy atom. The second-order valence-corrected chi connectivity index (χ2v) is 6.54. The Morgan fingerprint density at radius 2 is 1.96 bits per heavy atom. The average Bonchev–Trinajstić information content (AvgIpc) is 2.48. The highest BCUT2D eigenvalue weighted by atomic mass is 79.9. The maximum atomic E-state index is 11.8. The lowest BCUT2D eigenvalue weighted by atomic mass is 10.2. The molecule has 1 amide bonds. The van der Waals surface area contributed by atoms with Gasteiger partial charge >= 0.3 is 0 Å². The van der Waals surface area contributed by atoms with Gasteiger partial charge in [0, 0.05) is 38.7 Å². The van der Waals surface area contributed by atoms with Crippen LogP contribution in [0.25, 0.3) is 0 Å². The van der Waals surface area contributed by atoms with Gasteiger partial charge in [-0.1, -0.05) is 46.3 Å². The van der Waals surface area contributed by atoms with E-state index in [1.807, 2.05) is 37.1 Å². The number of nitrogens with one attached hydrogen (secondary N) is 1. The van der Waals surface area contributed by atoms with E-state index in [-0.39, 0.29) is 12.5 Å². The molecule has 0 saturated heterocycles. The van der Waals surface area contributed by atoms with Crippen LogP contribution in [0, 0.1) is 0 Å². The zero-order chi connectivity index (χ0) is 17.4. The molecule has 0 saturated carbocycles. The van der Waals surface area contributed by atoms with Gasteiger partial charge in [0.1, 0.15) is 6.54 Å². The minimum Gasteiger partial charge on any atom is -0.353 e. The molecule has 5 nitrogen and oxygen atoms in total. The van der Waals surface area contributed by atoms with Crippen molar-refractivity contribution in [2.45, 2.75) is 13.5 Å².